The molecule has 0 radical (unpaired) electrons. The van der Waals surface area contributed by atoms with Crippen molar-refractivity contribution in [3.8, 4) is 0 Å². The van der Waals surface area contributed by atoms with Gasteiger partial charge in [-0.25, -0.2) is 0 Å². The second kappa shape index (κ2) is 6.44. The Morgan fingerprint density at radius 1 is 1.17 bits per heavy atom. The normalized spacial score (nSPS) is 18.5. The van der Waals surface area contributed by atoms with E-state index in [2.05, 4.69) is 35.3 Å². The molecule has 1 heterocycles. The molecule has 1 unspecified atom stereocenters. The Balaban J connectivity index is 2.18. The molecule has 0 saturated carbocycles. The highest BCUT2D eigenvalue weighted by molar-refractivity contribution is 6.33. The van der Waals surface area contributed by atoms with E-state index < -0.39 is 0 Å². The molecule has 0 spiro atoms. The van der Waals surface area contributed by atoms with Gasteiger partial charge in [0.15, 0.2) is 0 Å². The van der Waals surface area contributed by atoms with Crippen LogP contribution in [-0.4, -0.2) is 20.1 Å². The molecule has 1 aromatic carbocycles. The van der Waals surface area contributed by atoms with Crippen molar-refractivity contribution >= 4 is 17.3 Å². The lowest BCUT2D eigenvalue weighted by Gasteiger charge is -2.24. The van der Waals surface area contributed by atoms with Crippen LogP contribution in [0.1, 0.15) is 44.2 Å². The van der Waals surface area contributed by atoms with Gasteiger partial charge in [0.1, 0.15) is 0 Å². The van der Waals surface area contributed by atoms with E-state index in [1.165, 1.54) is 36.9 Å². The van der Waals surface area contributed by atoms with E-state index in [1.807, 2.05) is 7.05 Å². The summed E-state index contributed by atoms with van der Waals surface area (Å²) >= 11 is 6.45. The average Bonchev–Trinajstić information content (AvgIpc) is 2.66. The standard InChI is InChI=1S/C15H23ClN2/c1-12(17-2)13-7-8-15(14(16)11-13)18-9-5-3-4-6-10-18/h7-8,11-12,17H,3-6,9-10H2,1-2H3. The van der Waals surface area contributed by atoms with Crippen molar-refractivity contribution in [1.82, 2.24) is 5.32 Å². The topological polar surface area (TPSA) is 15.3 Å². The van der Waals surface area contributed by atoms with Gasteiger partial charge in [-0.3, -0.25) is 0 Å². The lowest BCUT2D eigenvalue weighted by Crippen LogP contribution is -2.24. The summed E-state index contributed by atoms with van der Waals surface area (Å²) in [6.07, 6.45) is 5.27. The number of halogens is 1. The first-order chi connectivity index (χ1) is 8.72. The summed E-state index contributed by atoms with van der Waals surface area (Å²) in [5.41, 5.74) is 2.45. The molecule has 2 rings (SSSR count). The first kappa shape index (κ1) is 13.7. The monoisotopic (exact) mass is 266 g/mol. The SMILES string of the molecule is CNC(C)c1ccc(N2CCCCCC2)c(Cl)c1. The summed E-state index contributed by atoms with van der Waals surface area (Å²) in [6, 6.07) is 6.81. The number of anilines is 1. The van der Waals surface area contributed by atoms with Gasteiger partial charge >= 0.3 is 0 Å². The van der Waals surface area contributed by atoms with Gasteiger partial charge < -0.3 is 10.2 Å². The Hall–Kier alpha value is -0.730. The third kappa shape index (κ3) is 3.18. The lowest BCUT2D eigenvalue weighted by atomic mass is 10.1. The Kier molecular flexibility index (Phi) is 4.90. The summed E-state index contributed by atoms with van der Waals surface area (Å²) in [7, 11) is 1.97. The fraction of sp³-hybridized carbons (Fsp3) is 0.600. The van der Waals surface area contributed by atoms with E-state index >= 15 is 0 Å². The van der Waals surface area contributed by atoms with Crippen LogP contribution in [0.25, 0.3) is 0 Å². The second-order valence-electron chi connectivity index (χ2n) is 5.12. The maximum absolute atomic E-state index is 6.45. The molecule has 1 saturated heterocycles. The maximum atomic E-state index is 6.45. The third-order valence-corrected chi connectivity index (χ3v) is 4.15. The van der Waals surface area contributed by atoms with Crippen LogP contribution in [0.2, 0.25) is 5.02 Å². The summed E-state index contributed by atoms with van der Waals surface area (Å²) in [4.78, 5) is 2.43. The van der Waals surface area contributed by atoms with E-state index in [1.54, 1.807) is 0 Å². The number of hydrogen-bond acceptors (Lipinski definition) is 2. The molecule has 3 heteroatoms. The minimum atomic E-state index is 0.348. The summed E-state index contributed by atoms with van der Waals surface area (Å²) < 4.78 is 0. The number of benzene rings is 1. The largest absolute Gasteiger partial charge is 0.370 e. The lowest BCUT2D eigenvalue weighted by molar-refractivity contribution is 0.652. The Labute approximate surface area is 115 Å². The van der Waals surface area contributed by atoms with Crippen molar-refractivity contribution in [2.75, 3.05) is 25.0 Å². The minimum absolute atomic E-state index is 0.348. The predicted molar refractivity (Wildman–Crippen MR) is 79.6 cm³/mol. The van der Waals surface area contributed by atoms with Crippen LogP contribution in [0.5, 0.6) is 0 Å². The molecule has 18 heavy (non-hydrogen) atoms. The summed E-state index contributed by atoms with van der Waals surface area (Å²) in [5.74, 6) is 0. The molecule has 1 atom stereocenters. The fourth-order valence-electron chi connectivity index (χ4n) is 2.53. The van der Waals surface area contributed by atoms with Crippen molar-refractivity contribution in [3.05, 3.63) is 28.8 Å². The summed E-state index contributed by atoms with van der Waals surface area (Å²) in [5, 5.41) is 4.13. The van der Waals surface area contributed by atoms with Gasteiger partial charge in [-0.2, -0.15) is 0 Å². The first-order valence-electron chi connectivity index (χ1n) is 6.94. The van der Waals surface area contributed by atoms with Crippen LogP contribution in [-0.2, 0) is 0 Å². The first-order valence-corrected chi connectivity index (χ1v) is 7.32. The highest BCUT2D eigenvalue weighted by Crippen LogP contribution is 2.30. The number of hydrogen-bond donors (Lipinski definition) is 1. The van der Waals surface area contributed by atoms with Gasteiger partial charge in [-0.05, 0) is 44.5 Å². The quantitative estimate of drug-likeness (QED) is 0.890. The van der Waals surface area contributed by atoms with Gasteiger partial charge in [-0.1, -0.05) is 30.5 Å². The van der Waals surface area contributed by atoms with Crippen molar-refractivity contribution in [2.45, 2.75) is 38.6 Å². The Morgan fingerprint density at radius 2 is 1.83 bits per heavy atom. The molecule has 1 aliphatic heterocycles. The summed E-state index contributed by atoms with van der Waals surface area (Å²) in [6.45, 7) is 4.43. The van der Waals surface area contributed by atoms with E-state index in [0.29, 0.717) is 6.04 Å². The number of rotatable bonds is 3. The van der Waals surface area contributed by atoms with Crippen molar-refractivity contribution in [2.24, 2.45) is 0 Å². The average molecular weight is 267 g/mol. The molecule has 0 aromatic heterocycles. The van der Waals surface area contributed by atoms with Crippen LogP contribution in [0.4, 0.5) is 5.69 Å². The molecule has 0 aliphatic carbocycles. The number of nitrogens with zero attached hydrogens (tertiary/aromatic N) is 1. The number of nitrogens with one attached hydrogen (secondary N) is 1. The van der Waals surface area contributed by atoms with Crippen LogP contribution in [0, 0.1) is 0 Å². The molecule has 0 bridgehead atoms. The molecular weight excluding hydrogens is 244 g/mol. The zero-order chi connectivity index (χ0) is 13.0. The van der Waals surface area contributed by atoms with Crippen LogP contribution < -0.4 is 10.2 Å². The third-order valence-electron chi connectivity index (χ3n) is 3.85. The van der Waals surface area contributed by atoms with Gasteiger partial charge in [0, 0.05) is 19.1 Å². The van der Waals surface area contributed by atoms with Gasteiger partial charge in [0.2, 0.25) is 0 Å². The fourth-order valence-corrected chi connectivity index (χ4v) is 2.84. The zero-order valence-corrected chi connectivity index (χ0v) is 12.1. The minimum Gasteiger partial charge on any atom is -0.370 e. The highest BCUT2D eigenvalue weighted by Gasteiger charge is 2.14. The van der Waals surface area contributed by atoms with Crippen molar-refractivity contribution in [3.63, 3.8) is 0 Å². The molecular formula is C15H23ClN2. The molecule has 1 aromatic rings. The Morgan fingerprint density at radius 3 is 2.39 bits per heavy atom. The van der Waals surface area contributed by atoms with Gasteiger partial charge in [0.05, 0.1) is 10.7 Å². The highest BCUT2D eigenvalue weighted by atomic mass is 35.5. The van der Waals surface area contributed by atoms with Crippen LogP contribution in [0.15, 0.2) is 18.2 Å². The zero-order valence-electron chi connectivity index (χ0n) is 11.4. The molecule has 0 amide bonds. The van der Waals surface area contributed by atoms with E-state index in [9.17, 15) is 0 Å². The van der Waals surface area contributed by atoms with Crippen LogP contribution >= 0.6 is 11.6 Å². The molecule has 1 N–H and O–H groups in total. The van der Waals surface area contributed by atoms with E-state index in [-0.39, 0.29) is 0 Å². The van der Waals surface area contributed by atoms with Gasteiger partial charge in [0.25, 0.3) is 0 Å². The van der Waals surface area contributed by atoms with Crippen molar-refractivity contribution in [1.29, 1.82) is 0 Å². The smallest absolute Gasteiger partial charge is 0.0642 e. The van der Waals surface area contributed by atoms with Crippen molar-refractivity contribution < 1.29 is 0 Å². The molecule has 100 valence electrons. The molecule has 1 fully saturated rings. The second-order valence-corrected chi connectivity index (χ2v) is 5.53. The van der Waals surface area contributed by atoms with Gasteiger partial charge in [-0.15, -0.1) is 0 Å². The maximum Gasteiger partial charge on any atom is 0.0642 e. The molecule has 2 nitrogen and oxygen atoms in total. The molecule has 1 aliphatic rings. The van der Waals surface area contributed by atoms with Crippen LogP contribution in [0.3, 0.4) is 0 Å². The predicted octanol–water partition coefficient (Wildman–Crippen LogP) is 4.00. The van der Waals surface area contributed by atoms with E-state index in [0.717, 1.165) is 18.1 Å². The van der Waals surface area contributed by atoms with E-state index in [4.69, 9.17) is 11.6 Å². The Bertz CT molecular complexity index is 384.